The van der Waals surface area contributed by atoms with Gasteiger partial charge < -0.3 is 16.0 Å². The number of benzene rings is 1. The number of pyridine rings is 1. The van der Waals surface area contributed by atoms with E-state index in [2.05, 4.69) is 25.4 Å². The highest BCUT2D eigenvalue weighted by Crippen LogP contribution is 2.39. The summed E-state index contributed by atoms with van der Waals surface area (Å²) in [5.74, 6) is 1.33. The molecule has 0 aliphatic heterocycles. The van der Waals surface area contributed by atoms with Crippen molar-refractivity contribution >= 4 is 45.4 Å². The predicted octanol–water partition coefficient (Wildman–Crippen LogP) is 5.12. The van der Waals surface area contributed by atoms with Crippen molar-refractivity contribution in [2.45, 2.75) is 38.5 Å². The number of imidazole rings is 1. The fraction of sp³-hybridized carbons (Fsp3) is 0.269. The van der Waals surface area contributed by atoms with Crippen LogP contribution in [0.25, 0.3) is 27.8 Å². The number of carbonyl (C=O) groups is 1. The fourth-order valence-corrected chi connectivity index (χ4v) is 5.30. The average molecular weight is 501 g/mol. The molecule has 0 atom stereocenters. The summed E-state index contributed by atoms with van der Waals surface area (Å²) in [6.07, 6.45) is 6.33. The largest absolute Gasteiger partial charge is 0.382 e. The number of aromatic nitrogens is 6. The van der Waals surface area contributed by atoms with Gasteiger partial charge in [-0.05, 0) is 56.9 Å². The maximum Gasteiger partial charge on any atom is 0.227 e. The lowest BCUT2D eigenvalue weighted by Crippen LogP contribution is -2.27. The second-order valence-corrected chi connectivity index (χ2v) is 9.74. The number of aromatic amines is 1. The summed E-state index contributed by atoms with van der Waals surface area (Å²) in [7, 11) is 0. The Labute approximate surface area is 212 Å². The Bertz CT molecular complexity index is 1580. The number of halogens is 1. The van der Waals surface area contributed by atoms with Crippen LogP contribution < -0.4 is 11.1 Å². The standard InChI is InChI=1S/C26H25ClN8O/c1-14-5-10-18(12-29-14)32-26(36)16-8-6-15(7-9-16)25-34-22(23-24(28)30-13-31-35(23)25)20-11-17-3-2-4-19(27)21(17)33-20/h2-5,10-13,15-16,33H,6-9H2,1H3,(H,32,36)(H2,28,30,31). The molecular formula is C26H25ClN8O. The number of nitrogens with zero attached hydrogens (tertiary/aromatic N) is 5. The summed E-state index contributed by atoms with van der Waals surface area (Å²) in [5, 5.41) is 9.12. The van der Waals surface area contributed by atoms with E-state index in [4.69, 9.17) is 22.3 Å². The first-order chi connectivity index (χ1) is 17.5. The first-order valence-electron chi connectivity index (χ1n) is 12.0. The molecule has 10 heteroatoms. The van der Waals surface area contributed by atoms with Gasteiger partial charge in [0.05, 0.1) is 28.1 Å². The van der Waals surface area contributed by atoms with Gasteiger partial charge in [-0.25, -0.2) is 14.5 Å². The number of aryl methyl sites for hydroxylation is 1. The molecular weight excluding hydrogens is 476 g/mol. The monoisotopic (exact) mass is 500 g/mol. The molecule has 36 heavy (non-hydrogen) atoms. The number of anilines is 2. The summed E-state index contributed by atoms with van der Waals surface area (Å²) < 4.78 is 1.80. The molecule has 1 aromatic carbocycles. The number of H-pyrrole nitrogens is 1. The van der Waals surface area contributed by atoms with E-state index < -0.39 is 0 Å². The molecule has 182 valence electrons. The molecule has 0 unspecified atom stereocenters. The molecule has 4 heterocycles. The molecule has 6 rings (SSSR count). The van der Waals surface area contributed by atoms with Gasteiger partial charge in [-0.2, -0.15) is 5.10 Å². The first-order valence-corrected chi connectivity index (χ1v) is 12.4. The normalized spacial score (nSPS) is 18.1. The van der Waals surface area contributed by atoms with E-state index in [1.54, 1.807) is 10.7 Å². The van der Waals surface area contributed by atoms with Crippen molar-refractivity contribution in [1.29, 1.82) is 0 Å². The summed E-state index contributed by atoms with van der Waals surface area (Å²) >= 11 is 6.39. The van der Waals surface area contributed by atoms with Crippen LogP contribution in [0.2, 0.25) is 5.02 Å². The Hall–Kier alpha value is -3.98. The van der Waals surface area contributed by atoms with Crippen LogP contribution >= 0.6 is 11.6 Å². The van der Waals surface area contributed by atoms with Gasteiger partial charge >= 0.3 is 0 Å². The maximum absolute atomic E-state index is 12.8. The minimum Gasteiger partial charge on any atom is -0.382 e. The molecule has 1 amide bonds. The van der Waals surface area contributed by atoms with Crippen molar-refractivity contribution in [2.75, 3.05) is 11.1 Å². The van der Waals surface area contributed by atoms with E-state index >= 15 is 0 Å². The van der Waals surface area contributed by atoms with Crippen molar-refractivity contribution < 1.29 is 4.79 Å². The van der Waals surface area contributed by atoms with Crippen molar-refractivity contribution in [3.05, 3.63) is 65.5 Å². The molecule has 1 fully saturated rings. The highest BCUT2D eigenvalue weighted by atomic mass is 35.5. The number of nitrogens with one attached hydrogen (secondary N) is 2. The molecule has 5 aromatic rings. The van der Waals surface area contributed by atoms with Crippen LogP contribution in [0, 0.1) is 12.8 Å². The van der Waals surface area contributed by atoms with Gasteiger partial charge in [-0.15, -0.1) is 0 Å². The van der Waals surface area contributed by atoms with E-state index in [1.165, 1.54) is 6.33 Å². The zero-order valence-electron chi connectivity index (χ0n) is 19.7. The maximum atomic E-state index is 12.8. The zero-order chi connectivity index (χ0) is 24.8. The van der Waals surface area contributed by atoms with Gasteiger partial charge in [-0.3, -0.25) is 9.78 Å². The number of para-hydroxylation sites is 1. The molecule has 0 spiro atoms. The summed E-state index contributed by atoms with van der Waals surface area (Å²) in [6.45, 7) is 1.92. The van der Waals surface area contributed by atoms with Crippen LogP contribution in [0.5, 0.6) is 0 Å². The van der Waals surface area contributed by atoms with Crippen molar-refractivity contribution in [1.82, 2.24) is 29.5 Å². The van der Waals surface area contributed by atoms with E-state index in [0.717, 1.165) is 59.5 Å². The molecule has 0 bridgehead atoms. The summed E-state index contributed by atoms with van der Waals surface area (Å²) in [4.78, 5) is 29.7. The molecule has 4 aromatic heterocycles. The van der Waals surface area contributed by atoms with E-state index in [-0.39, 0.29) is 17.7 Å². The highest BCUT2D eigenvalue weighted by Gasteiger charge is 2.31. The third kappa shape index (κ3) is 3.95. The lowest BCUT2D eigenvalue weighted by molar-refractivity contribution is -0.120. The third-order valence-electron chi connectivity index (χ3n) is 6.99. The topological polar surface area (TPSA) is 127 Å². The van der Waals surface area contributed by atoms with Crippen LogP contribution in [0.1, 0.15) is 43.1 Å². The van der Waals surface area contributed by atoms with Crippen LogP contribution in [-0.2, 0) is 4.79 Å². The highest BCUT2D eigenvalue weighted by molar-refractivity contribution is 6.35. The molecule has 0 saturated heterocycles. The SMILES string of the molecule is Cc1ccc(NC(=O)C2CCC(c3nc(-c4cc5cccc(Cl)c5[nH]4)c4c(N)ncnn34)CC2)cn1. The molecule has 9 nitrogen and oxygen atoms in total. The van der Waals surface area contributed by atoms with Crippen molar-refractivity contribution in [2.24, 2.45) is 5.92 Å². The number of amides is 1. The summed E-state index contributed by atoms with van der Waals surface area (Å²) in [5.41, 5.74) is 11.0. The van der Waals surface area contributed by atoms with E-state index in [9.17, 15) is 4.79 Å². The minimum atomic E-state index is -0.0520. The molecule has 1 aliphatic rings. The lowest BCUT2D eigenvalue weighted by atomic mass is 9.81. The van der Waals surface area contributed by atoms with Gasteiger partial charge in [0.15, 0.2) is 5.82 Å². The van der Waals surface area contributed by atoms with Gasteiger partial charge in [0.1, 0.15) is 23.4 Å². The second-order valence-electron chi connectivity index (χ2n) is 9.34. The molecule has 1 saturated carbocycles. The van der Waals surface area contributed by atoms with E-state index in [1.807, 2.05) is 43.3 Å². The third-order valence-corrected chi connectivity index (χ3v) is 7.30. The number of nitrogens with two attached hydrogens (primary N) is 1. The number of rotatable bonds is 4. The van der Waals surface area contributed by atoms with Gasteiger partial charge in [0, 0.05) is 22.9 Å². The summed E-state index contributed by atoms with van der Waals surface area (Å²) in [6, 6.07) is 11.6. The minimum absolute atomic E-state index is 0.0364. The second kappa shape index (κ2) is 8.91. The van der Waals surface area contributed by atoms with Gasteiger partial charge in [0.2, 0.25) is 5.91 Å². The Balaban J connectivity index is 1.27. The van der Waals surface area contributed by atoms with Crippen LogP contribution in [-0.4, -0.2) is 35.5 Å². The van der Waals surface area contributed by atoms with Crippen molar-refractivity contribution in [3.8, 4) is 11.4 Å². The predicted molar refractivity (Wildman–Crippen MR) is 140 cm³/mol. The smallest absolute Gasteiger partial charge is 0.227 e. The van der Waals surface area contributed by atoms with Crippen LogP contribution in [0.3, 0.4) is 0 Å². The number of fused-ring (bicyclic) bond motifs is 2. The van der Waals surface area contributed by atoms with Crippen molar-refractivity contribution in [3.63, 3.8) is 0 Å². The Morgan fingerprint density at radius 2 is 2.00 bits per heavy atom. The molecule has 0 radical (unpaired) electrons. The Morgan fingerprint density at radius 1 is 1.17 bits per heavy atom. The number of hydrogen-bond donors (Lipinski definition) is 3. The first kappa shape index (κ1) is 22.5. The lowest BCUT2D eigenvalue weighted by Gasteiger charge is -2.26. The zero-order valence-corrected chi connectivity index (χ0v) is 20.5. The number of hydrogen-bond acceptors (Lipinski definition) is 6. The Morgan fingerprint density at radius 3 is 2.75 bits per heavy atom. The van der Waals surface area contributed by atoms with Crippen LogP contribution in [0.15, 0.2) is 48.9 Å². The van der Waals surface area contributed by atoms with Gasteiger partial charge in [-0.1, -0.05) is 23.7 Å². The number of nitrogen functional groups attached to an aromatic ring is 1. The van der Waals surface area contributed by atoms with Gasteiger partial charge in [0.25, 0.3) is 0 Å². The Kier molecular flexibility index (Phi) is 5.56. The number of carbonyl (C=O) groups excluding carboxylic acids is 1. The molecule has 1 aliphatic carbocycles. The average Bonchev–Trinajstić information content (AvgIpc) is 3.49. The molecule has 4 N–H and O–H groups in total. The quantitative estimate of drug-likeness (QED) is 0.314. The van der Waals surface area contributed by atoms with Crippen LogP contribution in [0.4, 0.5) is 11.5 Å². The van der Waals surface area contributed by atoms with E-state index in [0.29, 0.717) is 22.1 Å². The fourth-order valence-electron chi connectivity index (χ4n) is 5.08.